The van der Waals surface area contributed by atoms with Crippen LogP contribution < -0.4 is 19.5 Å². The molecule has 0 saturated heterocycles. The molecule has 5 nitrogen and oxygen atoms in total. The van der Waals surface area contributed by atoms with Crippen LogP contribution >= 0.6 is 0 Å². The molecule has 4 aromatic rings. The van der Waals surface area contributed by atoms with E-state index in [1.807, 2.05) is 72.8 Å². The minimum atomic E-state index is -0.217. The number of hydrogen-bond acceptors (Lipinski definition) is 4. The van der Waals surface area contributed by atoms with Crippen molar-refractivity contribution in [2.75, 3.05) is 12.4 Å². The van der Waals surface area contributed by atoms with E-state index >= 15 is 0 Å². The Kier molecular flexibility index (Phi) is 6.68. The average molecular weight is 425 g/mol. The van der Waals surface area contributed by atoms with Gasteiger partial charge < -0.3 is 19.5 Å². The van der Waals surface area contributed by atoms with Crippen molar-refractivity contribution in [3.05, 3.63) is 114 Å². The average Bonchev–Trinajstić information content (AvgIpc) is 2.85. The van der Waals surface area contributed by atoms with E-state index in [4.69, 9.17) is 14.2 Å². The fourth-order valence-corrected chi connectivity index (χ4v) is 3.14. The zero-order valence-corrected chi connectivity index (χ0v) is 17.7. The highest BCUT2D eigenvalue weighted by Crippen LogP contribution is 2.25. The fourth-order valence-electron chi connectivity index (χ4n) is 3.14. The molecular formula is C27H23NO4. The lowest BCUT2D eigenvalue weighted by molar-refractivity contribution is 0.102. The topological polar surface area (TPSA) is 56.8 Å². The molecular weight excluding hydrogens is 402 g/mol. The number of benzene rings is 4. The van der Waals surface area contributed by atoms with Gasteiger partial charge in [0.15, 0.2) is 0 Å². The number of carbonyl (C=O) groups is 1. The quantitative estimate of drug-likeness (QED) is 0.359. The van der Waals surface area contributed by atoms with Crippen LogP contribution in [0.1, 0.15) is 15.9 Å². The summed E-state index contributed by atoms with van der Waals surface area (Å²) in [6.45, 7) is 0.291. The molecule has 5 heteroatoms. The Morgan fingerprint density at radius 1 is 0.750 bits per heavy atom. The summed E-state index contributed by atoms with van der Waals surface area (Å²) < 4.78 is 17.0. The molecule has 0 radical (unpaired) electrons. The third kappa shape index (κ3) is 5.46. The molecule has 0 fully saturated rings. The monoisotopic (exact) mass is 425 g/mol. The number of amides is 1. The van der Waals surface area contributed by atoms with E-state index in [9.17, 15) is 4.79 Å². The highest BCUT2D eigenvalue weighted by Gasteiger charge is 2.12. The van der Waals surface area contributed by atoms with E-state index < -0.39 is 0 Å². The van der Waals surface area contributed by atoms with Gasteiger partial charge in [-0.1, -0.05) is 36.4 Å². The SMILES string of the molecule is COc1ccc(C(=O)Nc2ccc(Oc3ccccc3)cc2)cc1COc1ccccc1. The van der Waals surface area contributed by atoms with Gasteiger partial charge in [0.1, 0.15) is 29.6 Å². The molecule has 0 aromatic heterocycles. The Morgan fingerprint density at radius 2 is 1.38 bits per heavy atom. The number of ether oxygens (including phenoxy) is 3. The van der Waals surface area contributed by atoms with E-state index in [1.165, 1.54) is 0 Å². The molecule has 0 atom stereocenters. The molecule has 0 heterocycles. The minimum absolute atomic E-state index is 0.217. The van der Waals surface area contributed by atoms with Crippen LogP contribution in [0, 0.1) is 0 Å². The number of para-hydroxylation sites is 2. The first-order valence-electron chi connectivity index (χ1n) is 10.2. The van der Waals surface area contributed by atoms with Crippen molar-refractivity contribution >= 4 is 11.6 Å². The second-order valence-electron chi connectivity index (χ2n) is 7.02. The van der Waals surface area contributed by atoms with Crippen molar-refractivity contribution < 1.29 is 19.0 Å². The van der Waals surface area contributed by atoms with Crippen molar-refractivity contribution in [2.24, 2.45) is 0 Å². The van der Waals surface area contributed by atoms with Gasteiger partial charge in [-0.3, -0.25) is 4.79 Å². The maximum atomic E-state index is 12.8. The molecule has 0 bridgehead atoms. The molecule has 160 valence electrons. The summed E-state index contributed by atoms with van der Waals surface area (Å²) in [7, 11) is 1.60. The standard InChI is InChI=1S/C27H23NO4/c1-30-26-17-12-20(18-21(26)19-31-23-8-4-2-5-9-23)27(29)28-22-13-15-25(16-14-22)32-24-10-6-3-7-11-24/h2-18H,19H2,1H3,(H,28,29). The van der Waals surface area contributed by atoms with Gasteiger partial charge in [-0.2, -0.15) is 0 Å². The first-order chi connectivity index (χ1) is 15.7. The van der Waals surface area contributed by atoms with Gasteiger partial charge in [0.05, 0.1) is 7.11 Å². The molecule has 1 N–H and O–H groups in total. The fraction of sp³-hybridized carbons (Fsp3) is 0.0741. The van der Waals surface area contributed by atoms with Gasteiger partial charge in [0.25, 0.3) is 5.91 Å². The second-order valence-corrected chi connectivity index (χ2v) is 7.02. The van der Waals surface area contributed by atoms with Gasteiger partial charge in [0, 0.05) is 16.8 Å². The van der Waals surface area contributed by atoms with Gasteiger partial charge in [-0.25, -0.2) is 0 Å². The summed E-state index contributed by atoms with van der Waals surface area (Å²) in [6, 6.07) is 31.6. The van der Waals surface area contributed by atoms with Crippen LogP contribution in [0.3, 0.4) is 0 Å². The summed E-state index contributed by atoms with van der Waals surface area (Å²) in [5.74, 6) is 2.65. The van der Waals surface area contributed by atoms with Crippen LogP contribution in [0.15, 0.2) is 103 Å². The third-order valence-electron chi connectivity index (χ3n) is 4.77. The number of nitrogens with one attached hydrogen (secondary N) is 1. The number of methoxy groups -OCH3 is 1. The third-order valence-corrected chi connectivity index (χ3v) is 4.77. The molecule has 0 saturated carbocycles. The number of rotatable bonds is 8. The Bertz CT molecular complexity index is 1160. The van der Waals surface area contributed by atoms with Crippen molar-refractivity contribution in [2.45, 2.75) is 6.61 Å². The highest BCUT2D eigenvalue weighted by molar-refractivity contribution is 6.04. The molecule has 0 unspecified atom stereocenters. The molecule has 0 spiro atoms. The Balaban J connectivity index is 1.42. The largest absolute Gasteiger partial charge is 0.496 e. The Labute approximate surface area is 187 Å². The van der Waals surface area contributed by atoms with E-state index in [1.54, 1.807) is 37.4 Å². The lowest BCUT2D eigenvalue weighted by Crippen LogP contribution is -2.12. The smallest absolute Gasteiger partial charge is 0.255 e. The van der Waals surface area contributed by atoms with Crippen molar-refractivity contribution in [3.63, 3.8) is 0 Å². The van der Waals surface area contributed by atoms with Crippen molar-refractivity contribution in [1.82, 2.24) is 0 Å². The van der Waals surface area contributed by atoms with Crippen LogP contribution in [-0.2, 0) is 6.61 Å². The molecule has 1 amide bonds. The summed E-state index contributed by atoms with van der Waals surface area (Å²) in [5.41, 5.74) is 1.98. The van der Waals surface area contributed by atoms with E-state index in [-0.39, 0.29) is 5.91 Å². The normalized spacial score (nSPS) is 10.3. The lowest BCUT2D eigenvalue weighted by atomic mass is 10.1. The second kappa shape index (κ2) is 10.2. The molecule has 32 heavy (non-hydrogen) atoms. The number of anilines is 1. The zero-order chi connectivity index (χ0) is 22.2. The maximum absolute atomic E-state index is 12.8. The highest BCUT2D eigenvalue weighted by atomic mass is 16.5. The van der Waals surface area contributed by atoms with E-state index in [0.29, 0.717) is 29.4 Å². The number of hydrogen-bond donors (Lipinski definition) is 1. The summed E-state index contributed by atoms with van der Waals surface area (Å²) in [4.78, 5) is 12.8. The Hall–Kier alpha value is -4.25. The van der Waals surface area contributed by atoms with Crippen LogP contribution in [0.25, 0.3) is 0 Å². The van der Waals surface area contributed by atoms with E-state index in [0.717, 1.165) is 17.1 Å². The molecule has 0 aliphatic heterocycles. The summed E-state index contributed by atoms with van der Waals surface area (Å²) in [5, 5.41) is 2.91. The summed E-state index contributed by atoms with van der Waals surface area (Å²) >= 11 is 0. The van der Waals surface area contributed by atoms with Gasteiger partial charge in [0.2, 0.25) is 0 Å². The van der Waals surface area contributed by atoms with Crippen molar-refractivity contribution in [3.8, 4) is 23.0 Å². The van der Waals surface area contributed by atoms with Crippen LogP contribution in [0.4, 0.5) is 5.69 Å². The van der Waals surface area contributed by atoms with Crippen molar-refractivity contribution in [1.29, 1.82) is 0 Å². The van der Waals surface area contributed by atoms with E-state index in [2.05, 4.69) is 5.32 Å². The maximum Gasteiger partial charge on any atom is 0.255 e. The first-order valence-corrected chi connectivity index (χ1v) is 10.2. The van der Waals surface area contributed by atoms with Gasteiger partial charge >= 0.3 is 0 Å². The molecule has 0 aliphatic rings. The molecule has 0 aliphatic carbocycles. The lowest BCUT2D eigenvalue weighted by Gasteiger charge is -2.13. The summed E-state index contributed by atoms with van der Waals surface area (Å²) in [6.07, 6.45) is 0. The van der Waals surface area contributed by atoms with Crippen LogP contribution in [0.2, 0.25) is 0 Å². The number of carbonyl (C=O) groups excluding carboxylic acids is 1. The van der Waals surface area contributed by atoms with Crippen LogP contribution in [-0.4, -0.2) is 13.0 Å². The minimum Gasteiger partial charge on any atom is -0.496 e. The molecule has 4 rings (SSSR count). The van der Waals surface area contributed by atoms with Gasteiger partial charge in [-0.15, -0.1) is 0 Å². The van der Waals surface area contributed by atoms with Gasteiger partial charge in [-0.05, 0) is 66.7 Å². The first kappa shape index (κ1) is 21.0. The Morgan fingerprint density at radius 3 is 2.03 bits per heavy atom. The molecule has 4 aromatic carbocycles. The zero-order valence-electron chi connectivity index (χ0n) is 17.7. The predicted molar refractivity (Wildman–Crippen MR) is 125 cm³/mol. The predicted octanol–water partition coefficient (Wildman–Crippen LogP) is 6.32. The van der Waals surface area contributed by atoms with Crippen LogP contribution in [0.5, 0.6) is 23.0 Å².